The van der Waals surface area contributed by atoms with Crippen molar-refractivity contribution in [2.75, 3.05) is 5.73 Å². The Balaban J connectivity index is 2.67. The van der Waals surface area contributed by atoms with Crippen molar-refractivity contribution >= 4 is 23.0 Å². The number of rotatable bonds is 1. The number of anilines is 1. The van der Waals surface area contributed by atoms with Gasteiger partial charge in [0.05, 0.1) is 17.2 Å². The van der Waals surface area contributed by atoms with Gasteiger partial charge in [-0.05, 0) is 6.07 Å². The third-order valence-corrected chi connectivity index (χ3v) is 1.60. The molecule has 0 saturated heterocycles. The van der Waals surface area contributed by atoms with Crippen molar-refractivity contribution < 1.29 is 9.90 Å². The first-order valence-electron chi connectivity index (χ1n) is 3.51. The molecule has 66 valence electrons. The molecule has 6 nitrogen and oxygen atoms in total. The Kier molecular flexibility index (Phi) is 1.42. The van der Waals surface area contributed by atoms with E-state index >= 15 is 0 Å². The Labute approximate surface area is 72.4 Å². The number of carbonyl (C=O) groups is 1. The summed E-state index contributed by atoms with van der Waals surface area (Å²) in [4.78, 5) is 20.8. The minimum Gasteiger partial charge on any atom is -0.477 e. The summed E-state index contributed by atoms with van der Waals surface area (Å²) in [6.07, 6.45) is 1.39. The second-order valence-electron chi connectivity index (χ2n) is 2.51. The van der Waals surface area contributed by atoms with E-state index in [1.54, 1.807) is 0 Å². The van der Waals surface area contributed by atoms with Gasteiger partial charge in [0.25, 0.3) is 0 Å². The van der Waals surface area contributed by atoms with Gasteiger partial charge >= 0.3 is 5.97 Å². The number of hydrogen-bond acceptors (Lipinski definition) is 4. The van der Waals surface area contributed by atoms with Crippen molar-refractivity contribution in [3.05, 3.63) is 18.0 Å². The third-order valence-electron chi connectivity index (χ3n) is 1.60. The number of carboxylic acids is 1. The van der Waals surface area contributed by atoms with Crippen LogP contribution in [0.2, 0.25) is 0 Å². The first-order chi connectivity index (χ1) is 6.16. The Bertz CT molecular complexity index is 476. The highest BCUT2D eigenvalue weighted by atomic mass is 16.4. The van der Waals surface area contributed by atoms with Crippen molar-refractivity contribution in [3.8, 4) is 0 Å². The summed E-state index contributed by atoms with van der Waals surface area (Å²) in [5, 5.41) is 8.62. The molecule has 2 aromatic rings. The van der Waals surface area contributed by atoms with Crippen LogP contribution in [0.4, 0.5) is 5.95 Å². The van der Waals surface area contributed by atoms with Gasteiger partial charge in [-0.2, -0.15) is 0 Å². The van der Waals surface area contributed by atoms with Crippen LogP contribution in [0.15, 0.2) is 12.3 Å². The smallest absolute Gasteiger partial charge is 0.354 e. The number of fused-ring (bicyclic) bond motifs is 1. The number of carboxylic acid groups (broad SMARTS) is 1. The zero-order valence-electron chi connectivity index (χ0n) is 6.48. The highest BCUT2D eigenvalue weighted by Gasteiger charge is 2.07. The number of imidazole rings is 1. The minimum absolute atomic E-state index is 0.0426. The third kappa shape index (κ3) is 1.18. The van der Waals surface area contributed by atoms with E-state index in [4.69, 9.17) is 10.8 Å². The van der Waals surface area contributed by atoms with Crippen molar-refractivity contribution in [3.63, 3.8) is 0 Å². The minimum atomic E-state index is -1.08. The average molecular weight is 178 g/mol. The molecule has 2 rings (SSSR count). The van der Waals surface area contributed by atoms with Crippen LogP contribution >= 0.6 is 0 Å². The molecule has 0 aliphatic rings. The summed E-state index contributed by atoms with van der Waals surface area (Å²) < 4.78 is 0. The molecular weight excluding hydrogens is 172 g/mol. The predicted octanol–water partition coefficient (Wildman–Crippen LogP) is 0.238. The summed E-state index contributed by atoms with van der Waals surface area (Å²) in [7, 11) is 0. The topological polar surface area (TPSA) is 105 Å². The molecule has 2 aromatic heterocycles. The molecule has 0 bridgehead atoms. The van der Waals surface area contributed by atoms with Crippen LogP contribution < -0.4 is 5.73 Å². The maximum atomic E-state index is 10.5. The number of H-pyrrole nitrogens is 1. The standard InChI is InChI=1S/C7H6N4O2/c8-7-10-3-1-4(6(12)13)9-2-5(3)11-7/h1-2H,(H,12,13)(H3,8,10,11). The van der Waals surface area contributed by atoms with Gasteiger partial charge in [-0.25, -0.2) is 14.8 Å². The summed E-state index contributed by atoms with van der Waals surface area (Å²) in [5.41, 5.74) is 6.46. The normalized spacial score (nSPS) is 10.5. The molecule has 6 heteroatoms. The summed E-state index contributed by atoms with van der Waals surface area (Å²) >= 11 is 0. The number of aromatic carboxylic acids is 1. The van der Waals surface area contributed by atoms with Gasteiger partial charge < -0.3 is 15.8 Å². The number of hydrogen-bond donors (Lipinski definition) is 3. The molecule has 0 amide bonds. The highest BCUT2D eigenvalue weighted by Crippen LogP contribution is 2.11. The van der Waals surface area contributed by atoms with Crippen molar-refractivity contribution in [2.45, 2.75) is 0 Å². The predicted molar refractivity (Wildman–Crippen MR) is 45.3 cm³/mol. The second kappa shape index (κ2) is 2.44. The Morgan fingerprint density at radius 2 is 2.38 bits per heavy atom. The zero-order chi connectivity index (χ0) is 9.42. The molecule has 13 heavy (non-hydrogen) atoms. The van der Waals surface area contributed by atoms with Gasteiger partial charge in [0.2, 0.25) is 0 Å². The van der Waals surface area contributed by atoms with Gasteiger partial charge in [0, 0.05) is 0 Å². The molecule has 0 fully saturated rings. The van der Waals surface area contributed by atoms with E-state index < -0.39 is 5.97 Å². The van der Waals surface area contributed by atoms with E-state index in [1.165, 1.54) is 12.3 Å². The van der Waals surface area contributed by atoms with E-state index in [2.05, 4.69) is 15.0 Å². The maximum absolute atomic E-state index is 10.5. The number of aromatic amines is 1. The Morgan fingerprint density at radius 3 is 3.08 bits per heavy atom. The maximum Gasteiger partial charge on any atom is 0.354 e. The highest BCUT2D eigenvalue weighted by molar-refractivity contribution is 5.90. The lowest BCUT2D eigenvalue weighted by atomic mass is 10.3. The van der Waals surface area contributed by atoms with Crippen LogP contribution in [0.25, 0.3) is 11.0 Å². The van der Waals surface area contributed by atoms with Crippen molar-refractivity contribution in [1.82, 2.24) is 15.0 Å². The van der Waals surface area contributed by atoms with E-state index in [-0.39, 0.29) is 11.6 Å². The quantitative estimate of drug-likeness (QED) is 0.580. The monoisotopic (exact) mass is 178 g/mol. The van der Waals surface area contributed by atoms with Gasteiger partial charge in [-0.15, -0.1) is 0 Å². The van der Waals surface area contributed by atoms with Gasteiger partial charge in [0.15, 0.2) is 5.95 Å². The molecule has 0 saturated carbocycles. The second-order valence-corrected chi connectivity index (χ2v) is 2.51. The fourth-order valence-electron chi connectivity index (χ4n) is 1.05. The van der Waals surface area contributed by atoms with Gasteiger partial charge in [0.1, 0.15) is 5.69 Å². The average Bonchev–Trinajstić information content (AvgIpc) is 2.42. The summed E-state index contributed by atoms with van der Waals surface area (Å²) in [6.45, 7) is 0. The Morgan fingerprint density at radius 1 is 1.62 bits per heavy atom. The summed E-state index contributed by atoms with van der Waals surface area (Å²) in [6, 6.07) is 1.37. The molecule has 0 atom stereocenters. The van der Waals surface area contributed by atoms with Crippen LogP contribution in [0.1, 0.15) is 10.5 Å². The Hall–Kier alpha value is -2.11. The lowest BCUT2D eigenvalue weighted by molar-refractivity contribution is 0.0690. The number of aromatic nitrogens is 3. The fourth-order valence-corrected chi connectivity index (χ4v) is 1.05. The zero-order valence-corrected chi connectivity index (χ0v) is 6.48. The van der Waals surface area contributed by atoms with Crippen molar-refractivity contribution in [1.29, 1.82) is 0 Å². The number of pyridine rings is 1. The van der Waals surface area contributed by atoms with Crippen LogP contribution in [0.3, 0.4) is 0 Å². The van der Waals surface area contributed by atoms with Crippen LogP contribution in [-0.2, 0) is 0 Å². The largest absolute Gasteiger partial charge is 0.477 e. The van der Waals surface area contributed by atoms with Gasteiger partial charge in [-0.1, -0.05) is 0 Å². The molecule has 2 heterocycles. The van der Waals surface area contributed by atoms with Crippen LogP contribution in [-0.4, -0.2) is 26.0 Å². The molecule has 0 aliphatic heterocycles. The first kappa shape index (κ1) is 7.53. The van der Waals surface area contributed by atoms with Crippen LogP contribution in [0.5, 0.6) is 0 Å². The molecule has 4 N–H and O–H groups in total. The molecule has 0 aromatic carbocycles. The molecule has 0 radical (unpaired) electrons. The fraction of sp³-hybridized carbons (Fsp3) is 0. The lowest BCUT2D eigenvalue weighted by Gasteiger charge is -1.91. The number of nitrogens with one attached hydrogen (secondary N) is 1. The van der Waals surface area contributed by atoms with E-state index in [9.17, 15) is 4.79 Å². The summed E-state index contributed by atoms with van der Waals surface area (Å²) in [5.74, 6) is -0.831. The molecule has 0 unspecified atom stereocenters. The van der Waals surface area contributed by atoms with E-state index in [0.717, 1.165) is 0 Å². The number of nitrogens with zero attached hydrogens (tertiary/aromatic N) is 2. The lowest BCUT2D eigenvalue weighted by Crippen LogP contribution is -1.98. The molecule has 0 aliphatic carbocycles. The SMILES string of the molecule is Nc1nc2cc(C(=O)O)ncc2[nH]1. The molecular formula is C7H6N4O2. The van der Waals surface area contributed by atoms with Crippen molar-refractivity contribution in [2.24, 2.45) is 0 Å². The van der Waals surface area contributed by atoms with Crippen LogP contribution in [0, 0.1) is 0 Å². The number of nitrogen functional groups attached to an aromatic ring is 1. The van der Waals surface area contributed by atoms with E-state index in [0.29, 0.717) is 11.0 Å². The van der Waals surface area contributed by atoms with E-state index in [1.807, 2.05) is 0 Å². The number of nitrogens with two attached hydrogens (primary N) is 1. The first-order valence-corrected chi connectivity index (χ1v) is 3.51. The molecule has 0 spiro atoms. The van der Waals surface area contributed by atoms with Gasteiger partial charge in [-0.3, -0.25) is 0 Å².